The van der Waals surface area contributed by atoms with Crippen molar-refractivity contribution < 1.29 is 9.90 Å². The largest absolute Gasteiger partial charge is 0.391 e. The minimum absolute atomic E-state index is 0.0855. The lowest BCUT2D eigenvalue weighted by molar-refractivity contribution is -0.143. The van der Waals surface area contributed by atoms with E-state index in [1.807, 2.05) is 23.1 Å². The Labute approximate surface area is 132 Å². The smallest absolute Gasteiger partial charge is 0.229 e. The third-order valence-electron chi connectivity index (χ3n) is 5.17. The highest BCUT2D eigenvalue weighted by molar-refractivity contribution is 5.83. The minimum atomic E-state index is -0.410. The third-order valence-corrected chi connectivity index (χ3v) is 5.17. The molecule has 1 aliphatic heterocycles. The van der Waals surface area contributed by atoms with Crippen LogP contribution in [0.1, 0.15) is 38.2 Å². The highest BCUT2D eigenvalue weighted by Crippen LogP contribution is 2.36. The van der Waals surface area contributed by atoms with E-state index >= 15 is 0 Å². The van der Waals surface area contributed by atoms with Crippen molar-refractivity contribution in [3.05, 3.63) is 48.0 Å². The summed E-state index contributed by atoms with van der Waals surface area (Å²) < 4.78 is 0. The summed E-state index contributed by atoms with van der Waals surface area (Å²) in [6, 6.07) is 10.1. The van der Waals surface area contributed by atoms with E-state index < -0.39 is 6.10 Å². The number of nitrogens with zero attached hydrogens (tertiary/aromatic N) is 1. The Hall–Kier alpha value is -1.61. The molecule has 1 aliphatic carbocycles. The predicted octanol–water partition coefficient (Wildman–Crippen LogP) is 2.94. The highest BCUT2D eigenvalue weighted by Gasteiger charge is 2.43. The molecule has 1 N–H and O–H groups in total. The summed E-state index contributed by atoms with van der Waals surface area (Å²) >= 11 is 0. The number of aliphatic hydroxyl groups is 1. The van der Waals surface area contributed by atoms with Gasteiger partial charge in [0.1, 0.15) is 0 Å². The quantitative estimate of drug-likeness (QED) is 0.872. The number of amides is 1. The molecule has 3 heteroatoms. The molecule has 0 aromatic heterocycles. The predicted molar refractivity (Wildman–Crippen MR) is 87.4 cm³/mol. The minimum Gasteiger partial charge on any atom is -0.391 e. The zero-order chi connectivity index (χ0) is 15.6. The van der Waals surface area contributed by atoms with E-state index in [9.17, 15) is 9.90 Å². The number of rotatable bonds is 3. The first-order valence-electron chi connectivity index (χ1n) is 8.28. The Bertz CT molecular complexity index is 554. The lowest BCUT2D eigenvalue weighted by Crippen LogP contribution is -2.48. The van der Waals surface area contributed by atoms with Gasteiger partial charge >= 0.3 is 0 Å². The summed E-state index contributed by atoms with van der Waals surface area (Å²) in [4.78, 5) is 15.0. The molecular formula is C19H25NO2. The van der Waals surface area contributed by atoms with E-state index in [0.29, 0.717) is 13.0 Å². The molecule has 1 aromatic carbocycles. The summed E-state index contributed by atoms with van der Waals surface area (Å²) in [5.74, 6) is 0.217. The van der Waals surface area contributed by atoms with Crippen molar-refractivity contribution >= 4 is 5.91 Å². The Morgan fingerprint density at radius 1 is 1.32 bits per heavy atom. The number of aliphatic hydroxyl groups excluding tert-OH is 1. The normalized spacial score (nSPS) is 31.5. The van der Waals surface area contributed by atoms with Gasteiger partial charge in [-0.3, -0.25) is 4.79 Å². The second-order valence-corrected chi connectivity index (χ2v) is 6.89. The van der Waals surface area contributed by atoms with Crippen LogP contribution in [0.4, 0.5) is 0 Å². The zero-order valence-corrected chi connectivity index (χ0v) is 13.2. The first-order valence-corrected chi connectivity index (χ1v) is 8.28. The van der Waals surface area contributed by atoms with E-state index in [-0.39, 0.29) is 17.4 Å². The Morgan fingerprint density at radius 3 is 2.77 bits per heavy atom. The van der Waals surface area contributed by atoms with Crippen LogP contribution in [0.3, 0.4) is 0 Å². The molecular weight excluding hydrogens is 274 g/mol. The van der Waals surface area contributed by atoms with Gasteiger partial charge in [0, 0.05) is 6.54 Å². The van der Waals surface area contributed by atoms with E-state index in [4.69, 9.17) is 0 Å². The van der Waals surface area contributed by atoms with Gasteiger partial charge in [-0.25, -0.2) is 0 Å². The average Bonchev–Trinajstić information content (AvgIpc) is 2.89. The fourth-order valence-electron chi connectivity index (χ4n) is 3.70. The van der Waals surface area contributed by atoms with Gasteiger partial charge in [0.2, 0.25) is 5.91 Å². The molecule has 22 heavy (non-hydrogen) atoms. The molecule has 3 nitrogen and oxygen atoms in total. The second kappa shape index (κ2) is 6.25. The fraction of sp³-hybridized carbons (Fsp3) is 0.526. The summed E-state index contributed by atoms with van der Waals surface area (Å²) in [7, 11) is 0. The second-order valence-electron chi connectivity index (χ2n) is 6.89. The van der Waals surface area contributed by atoms with Gasteiger partial charge in [0.15, 0.2) is 0 Å². The average molecular weight is 299 g/mol. The molecule has 1 aromatic rings. The summed E-state index contributed by atoms with van der Waals surface area (Å²) in [6.07, 6.45) is 8.00. The van der Waals surface area contributed by atoms with Crippen LogP contribution in [-0.4, -0.2) is 34.6 Å². The molecule has 0 spiro atoms. The molecule has 1 saturated heterocycles. The van der Waals surface area contributed by atoms with E-state index in [1.54, 1.807) is 0 Å². The molecule has 1 heterocycles. The van der Waals surface area contributed by atoms with Crippen LogP contribution in [0.15, 0.2) is 42.5 Å². The van der Waals surface area contributed by atoms with Crippen LogP contribution >= 0.6 is 0 Å². The summed E-state index contributed by atoms with van der Waals surface area (Å²) in [5.41, 5.74) is 0.883. The Morgan fingerprint density at radius 2 is 2.09 bits per heavy atom. The standard InChI is InChI=1S/C19H25NO2/c1-19(11-6-3-7-12-19)18(22)20-13-10-17(21)16(20)14-15-8-4-2-5-9-15/h2-6,8-9,16-17,21H,7,10-14H2,1H3/t16-,17-,19?/m0/s1. The van der Waals surface area contributed by atoms with E-state index in [2.05, 4.69) is 31.2 Å². The fourth-order valence-corrected chi connectivity index (χ4v) is 3.70. The molecule has 1 fully saturated rings. The van der Waals surface area contributed by atoms with Crippen molar-refractivity contribution in [2.24, 2.45) is 5.41 Å². The molecule has 1 amide bonds. The Balaban J connectivity index is 1.77. The number of allylic oxidation sites excluding steroid dienone is 2. The SMILES string of the molecule is CC1(C(=O)N2CC[C@H](O)[C@@H]2Cc2ccccc2)CC=CCC1. The van der Waals surface area contributed by atoms with Crippen molar-refractivity contribution in [1.29, 1.82) is 0 Å². The van der Waals surface area contributed by atoms with Gasteiger partial charge in [-0.2, -0.15) is 0 Å². The van der Waals surface area contributed by atoms with Crippen molar-refractivity contribution in [3.8, 4) is 0 Å². The molecule has 0 radical (unpaired) electrons. The topological polar surface area (TPSA) is 40.5 Å². The lowest BCUT2D eigenvalue weighted by atomic mass is 9.77. The molecule has 3 atom stereocenters. The van der Waals surface area contributed by atoms with Crippen LogP contribution in [-0.2, 0) is 11.2 Å². The maximum Gasteiger partial charge on any atom is 0.229 e. The maximum absolute atomic E-state index is 13.0. The van der Waals surface area contributed by atoms with Gasteiger partial charge in [-0.15, -0.1) is 0 Å². The van der Waals surface area contributed by atoms with Gasteiger partial charge in [-0.05, 0) is 37.7 Å². The maximum atomic E-state index is 13.0. The van der Waals surface area contributed by atoms with E-state index in [1.165, 1.54) is 5.56 Å². The number of hydrogen-bond donors (Lipinski definition) is 1. The first kappa shape index (κ1) is 15.3. The number of carbonyl (C=O) groups is 1. The number of carbonyl (C=O) groups excluding carboxylic acids is 1. The van der Waals surface area contributed by atoms with Crippen molar-refractivity contribution in [1.82, 2.24) is 4.90 Å². The van der Waals surface area contributed by atoms with Gasteiger partial charge in [0.05, 0.1) is 17.6 Å². The molecule has 0 bridgehead atoms. The molecule has 2 aliphatic rings. The van der Waals surface area contributed by atoms with Crippen molar-refractivity contribution in [2.45, 2.75) is 51.2 Å². The Kier molecular flexibility index (Phi) is 4.34. The van der Waals surface area contributed by atoms with Gasteiger partial charge < -0.3 is 10.0 Å². The van der Waals surface area contributed by atoms with Crippen molar-refractivity contribution in [3.63, 3.8) is 0 Å². The highest BCUT2D eigenvalue weighted by atomic mass is 16.3. The van der Waals surface area contributed by atoms with E-state index in [0.717, 1.165) is 25.7 Å². The number of benzene rings is 1. The van der Waals surface area contributed by atoms with Crippen LogP contribution < -0.4 is 0 Å². The zero-order valence-electron chi connectivity index (χ0n) is 13.2. The lowest BCUT2D eigenvalue weighted by Gasteiger charge is -2.37. The molecule has 118 valence electrons. The van der Waals surface area contributed by atoms with Gasteiger partial charge in [0.25, 0.3) is 0 Å². The van der Waals surface area contributed by atoms with Gasteiger partial charge in [-0.1, -0.05) is 49.4 Å². The first-order chi connectivity index (χ1) is 10.6. The van der Waals surface area contributed by atoms with Crippen LogP contribution in [0.25, 0.3) is 0 Å². The third kappa shape index (κ3) is 2.95. The van der Waals surface area contributed by atoms with Crippen LogP contribution in [0, 0.1) is 5.41 Å². The number of hydrogen-bond acceptors (Lipinski definition) is 2. The summed E-state index contributed by atoms with van der Waals surface area (Å²) in [6.45, 7) is 2.75. The van der Waals surface area contributed by atoms with Crippen LogP contribution in [0.2, 0.25) is 0 Å². The van der Waals surface area contributed by atoms with Crippen molar-refractivity contribution in [2.75, 3.05) is 6.54 Å². The summed E-state index contributed by atoms with van der Waals surface area (Å²) in [5, 5.41) is 10.3. The molecule has 3 rings (SSSR count). The molecule has 1 unspecified atom stereocenters. The number of likely N-dealkylation sites (tertiary alicyclic amines) is 1. The van der Waals surface area contributed by atoms with Crippen LogP contribution in [0.5, 0.6) is 0 Å². The molecule has 0 saturated carbocycles. The monoisotopic (exact) mass is 299 g/mol.